The van der Waals surface area contributed by atoms with Crippen LogP contribution in [-0.4, -0.2) is 19.7 Å². The van der Waals surface area contributed by atoms with Gasteiger partial charge < -0.3 is 5.32 Å². The summed E-state index contributed by atoms with van der Waals surface area (Å²) in [4.78, 5) is 8.07. The van der Waals surface area contributed by atoms with Gasteiger partial charge in [0.05, 0.1) is 5.52 Å². The van der Waals surface area contributed by atoms with E-state index >= 15 is 0 Å². The van der Waals surface area contributed by atoms with Crippen molar-refractivity contribution in [1.29, 1.82) is 0 Å². The van der Waals surface area contributed by atoms with E-state index in [1.807, 2.05) is 17.8 Å². The highest BCUT2D eigenvalue weighted by Gasteiger charge is 2.27. The van der Waals surface area contributed by atoms with Crippen LogP contribution in [0.5, 0.6) is 0 Å². The number of hydrogen-bond donors (Lipinski definition) is 1. The van der Waals surface area contributed by atoms with Crippen molar-refractivity contribution in [2.45, 2.75) is 18.8 Å². The van der Waals surface area contributed by atoms with E-state index in [1.165, 1.54) is 19.2 Å². The van der Waals surface area contributed by atoms with E-state index in [4.69, 9.17) is 0 Å². The molecule has 0 bridgehead atoms. The standard InChI is InChI=1S/C15H13F2N5/c1-22-13(8-2-3-8)6-14(21-22)20-15-9-4-10(16)11(17)5-12(9)18-7-19-15/h4-8H,2-3H2,1H3,(H,18,19,20,21). The molecule has 5 nitrogen and oxygen atoms in total. The Labute approximate surface area is 125 Å². The maximum Gasteiger partial charge on any atom is 0.161 e. The summed E-state index contributed by atoms with van der Waals surface area (Å²) in [5, 5.41) is 7.87. The van der Waals surface area contributed by atoms with Gasteiger partial charge in [0.2, 0.25) is 0 Å². The second kappa shape index (κ2) is 4.72. The third-order valence-electron chi connectivity index (χ3n) is 3.84. The molecular weight excluding hydrogens is 288 g/mol. The van der Waals surface area contributed by atoms with Crippen molar-refractivity contribution in [3.05, 3.63) is 41.9 Å². The van der Waals surface area contributed by atoms with Crippen LogP contribution in [0, 0.1) is 11.6 Å². The molecule has 112 valence electrons. The number of nitrogens with zero attached hydrogens (tertiary/aromatic N) is 4. The molecule has 0 aliphatic heterocycles. The first-order valence-electron chi connectivity index (χ1n) is 7.02. The van der Waals surface area contributed by atoms with Gasteiger partial charge in [0.15, 0.2) is 17.5 Å². The number of halogens is 2. The summed E-state index contributed by atoms with van der Waals surface area (Å²) in [5.74, 6) is -0.240. The summed E-state index contributed by atoms with van der Waals surface area (Å²) in [5.41, 5.74) is 1.51. The molecule has 22 heavy (non-hydrogen) atoms. The lowest BCUT2D eigenvalue weighted by atomic mass is 10.2. The van der Waals surface area contributed by atoms with Crippen molar-refractivity contribution in [3.63, 3.8) is 0 Å². The summed E-state index contributed by atoms with van der Waals surface area (Å²) >= 11 is 0. The minimum atomic E-state index is -0.926. The molecule has 2 heterocycles. The van der Waals surface area contributed by atoms with Gasteiger partial charge in [0.25, 0.3) is 0 Å². The molecule has 1 aliphatic rings. The molecular formula is C15H13F2N5. The summed E-state index contributed by atoms with van der Waals surface area (Å²) in [6.07, 6.45) is 3.67. The highest BCUT2D eigenvalue weighted by molar-refractivity contribution is 5.90. The Balaban J connectivity index is 1.74. The van der Waals surface area contributed by atoms with Crippen molar-refractivity contribution < 1.29 is 8.78 Å². The quantitative estimate of drug-likeness (QED) is 0.806. The van der Waals surface area contributed by atoms with Gasteiger partial charge in [-0.1, -0.05) is 0 Å². The third-order valence-corrected chi connectivity index (χ3v) is 3.84. The summed E-state index contributed by atoms with van der Waals surface area (Å²) in [6.45, 7) is 0. The van der Waals surface area contributed by atoms with Crippen LogP contribution < -0.4 is 5.32 Å². The fraction of sp³-hybridized carbons (Fsp3) is 0.267. The Hall–Kier alpha value is -2.57. The van der Waals surface area contributed by atoms with Crippen molar-refractivity contribution in [1.82, 2.24) is 19.7 Å². The van der Waals surface area contributed by atoms with Gasteiger partial charge in [0, 0.05) is 36.2 Å². The van der Waals surface area contributed by atoms with Crippen molar-refractivity contribution in [3.8, 4) is 0 Å². The zero-order valence-corrected chi connectivity index (χ0v) is 11.8. The van der Waals surface area contributed by atoms with Gasteiger partial charge in [0.1, 0.15) is 12.1 Å². The maximum atomic E-state index is 13.5. The fourth-order valence-corrected chi connectivity index (χ4v) is 2.58. The number of rotatable bonds is 3. The van der Waals surface area contributed by atoms with E-state index in [0.29, 0.717) is 28.5 Å². The van der Waals surface area contributed by atoms with Crippen LogP contribution >= 0.6 is 0 Å². The molecule has 0 radical (unpaired) electrons. The van der Waals surface area contributed by atoms with Gasteiger partial charge >= 0.3 is 0 Å². The van der Waals surface area contributed by atoms with Crippen molar-refractivity contribution >= 4 is 22.5 Å². The predicted molar refractivity (Wildman–Crippen MR) is 77.9 cm³/mol. The Kier molecular flexibility index (Phi) is 2.82. The van der Waals surface area contributed by atoms with Crippen LogP contribution in [0.4, 0.5) is 20.4 Å². The van der Waals surface area contributed by atoms with E-state index in [1.54, 1.807) is 0 Å². The lowest BCUT2D eigenvalue weighted by molar-refractivity contribution is 0.510. The second-order valence-electron chi connectivity index (χ2n) is 5.48. The van der Waals surface area contributed by atoms with E-state index < -0.39 is 11.6 Å². The SMILES string of the molecule is Cn1nc(Nc2ncnc3cc(F)c(F)cc23)cc1C1CC1. The summed E-state index contributed by atoms with van der Waals surface area (Å²) < 4.78 is 28.6. The molecule has 0 unspecified atom stereocenters. The number of aryl methyl sites for hydroxylation is 1. The lowest BCUT2D eigenvalue weighted by Gasteiger charge is -2.06. The second-order valence-corrected chi connectivity index (χ2v) is 5.48. The average Bonchev–Trinajstić information content (AvgIpc) is 3.25. The van der Waals surface area contributed by atoms with Crippen LogP contribution in [0.2, 0.25) is 0 Å². The highest BCUT2D eigenvalue weighted by atomic mass is 19.2. The number of benzene rings is 1. The average molecular weight is 301 g/mol. The third kappa shape index (κ3) is 2.18. The topological polar surface area (TPSA) is 55.6 Å². The molecule has 0 saturated heterocycles. The molecule has 1 aromatic carbocycles. The largest absolute Gasteiger partial charge is 0.323 e. The molecule has 4 rings (SSSR count). The van der Waals surface area contributed by atoms with Gasteiger partial charge in [-0.25, -0.2) is 18.7 Å². The molecule has 2 aromatic heterocycles. The normalized spacial score (nSPS) is 14.5. The van der Waals surface area contributed by atoms with Crippen LogP contribution in [0.25, 0.3) is 10.9 Å². The molecule has 1 aliphatic carbocycles. The predicted octanol–water partition coefficient (Wildman–Crippen LogP) is 3.26. The molecule has 7 heteroatoms. The van der Waals surface area contributed by atoms with E-state index in [9.17, 15) is 8.78 Å². The number of aromatic nitrogens is 4. The molecule has 3 aromatic rings. The smallest absolute Gasteiger partial charge is 0.161 e. The van der Waals surface area contributed by atoms with Crippen LogP contribution in [0.1, 0.15) is 24.5 Å². The Morgan fingerprint density at radius 2 is 1.91 bits per heavy atom. The summed E-state index contributed by atoms with van der Waals surface area (Å²) in [6, 6.07) is 4.12. The van der Waals surface area contributed by atoms with Gasteiger partial charge in [-0.3, -0.25) is 4.68 Å². The molecule has 1 saturated carbocycles. The van der Waals surface area contributed by atoms with E-state index in [2.05, 4.69) is 20.4 Å². The fourth-order valence-electron chi connectivity index (χ4n) is 2.58. The van der Waals surface area contributed by atoms with Gasteiger partial charge in [-0.15, -0.1) is 0 Å². The monoisotopic (exact) mass is 301 g/mol. The van der Waals surface area contributed by atoms with Gasteiger partial charge in [-0.05, 0) is 18.9 Å². The zero-order chi connectivity index (χ0) is 15.3. The minimum Gasteiger partial charge on any atom is -0.323 e. The first-order valence-corrected chi connectivity index (χ1v) is 7.02. The molecule has 0 spiro atoms. The number of anilines is 2. The molecule has 0 amide bonds. The highest BCUT2D eigenvalue weighted by Crippen LogP contribution is 2.40. The number of nitrogens with one attached hydrogen (secondary N) is 1. The first kappa shape index (κ1) is 13.1. The Morgan fingerprint density at radius 1 is 1.14 bits per heavy atom. The van der Waals surface area contributed by atoms with Crippen LogP contribution in [0.3, 0.4) is 0 Å². The maximum absolute atomic E-state index is 13.5. The van der Waals surface area contributed by atoms with Crippen molar-refractivity contribution in [2.75, 3.05) is 5.32 Å². The Morgan fingerprint density at radius 3 is 2.68 bits per heavy atom. The first-order chi connectivity index (χ1) is 10.6. The van der Waals surface area contributed by atoms with E-state index in [-0.39, 0.29) is 0 Å². The van der Waals surface area contributed by atoms with Crippen LogP contribution in [0.15, 0.2) is 24.5 Å². The lowest BCUT2D eigenvalue weighted by Crippen LogP contribution is -1.99. The van der Waals surface area contributed by atoms with E-state index in [0.717, 1.165) is 17.8 Å². The molecule has 0 atom stereocenters. The Bertz CT molecular complexity index is 870. The summed E-state index contributed by atoms with van der Waals surface area (Å²) in [7, 11) is 1.89. The van der Waals surface area contributed by atoms with Crippen molar-refractivity contribution in [2.24, 2.45) is 7.05 Å². The van der Waals surface area contributed by atoms with Crippen LogP contribution in [-0.2, 0) is 7.05 Å². The zero-order valence-electron chi connectivity index (χ0n) is 11.8. The van der Waals surface area contributed by atoms with Gasteiger partial charge in [-0.2, -0.15) is 5.10 Å². The minimum absolute atomic E-state index is 0.342. The molecule has 1 N–H and O–H groups in total. The number of fused-ring (bicyclic) bond motifs is 1. The number of hydrogen-bond acceptors (Lipinski definition) is 4. The molecule has 1 fully saturated rings.